The van der Waals surface area contributed by atoms with Gasteiger partial charge in [-0.05, 0) is 23.8 Å². The Kier molecular flexibility index (Phi) is 4.15. The maximum absolute atomic E-state index is 12.4. The molecule has 1 aliphatic heterocycles. The van der Waals surface area contributed by atoms with Gasteiger partial charge in [-0.1, -0.05) is 29.5 Å². The number of hydrogen-bond donors (Lipinski definition) is 1. The van der Waals surface area contributed by atoms with Crippen molar-refractivity contribution in [3.63, 3.8) is 0 Å². The number of rotatable bonds is 4. The maximum Gasteiger partial charge on any atom is 0.229 e. The lowest BCUT2D eigenvalue weighted by Crippen LogP contribution is -2.32. The number of carbonyl (C=O) groups excluding carboxylic acids is 2. The Bertz CT molecular complexity index is 892. The predicted molar refractivity (Wildman–Crippen MR) is 96.2 cm³/mol. The quantitative estimate of drug-likeness (QED) is 0.782. The van der Waals surface area contributed by atoms with Crippen LogP contribution < -0.4 is 10.2 Å². The molecule has 6 nitrogen and oxygen atoms in total. The third kappa shape index (κ3) is 3.23. The van der Waals surface area contributed by atoms with Crippen LogP contribution in [0, 0.1) is 5.92 Å². The molecule has 0 spiro atoms. The van der Waals surface area contributed by atoms with Crippen LogP contribution in [0.1, 0.15) is 12.0 Å². The molecule has 1 saturated heterocycles. The third-order valence-electron chi connectivity index (χ3n) is 4.20. The Morgan fingerprint density at radius 2 is 2.16 bits per heavy atom. The van der Waals surface area contributed by atoms with E-state index in [1.165, 1.54) is 11.3 Å². The van der Waals surface area contributed by atoms with E-state index in [4.69, 9.17) is 0 Å². The van der Waals surface area contributed by atoms with Gasteiger partial charge in [0.2, 0.25) is 11.8 Å². The standard InChI is InChI=1S/C18H16N4O2S/c23-16-8-13(17(24)20-10-12-4-3-7-19-9-12)11-22(16)18-21-14-5-1-2-6-15(14)25-18/h1-7,9,13H,8,10-11H2,(H,20,24). The lowest BCUT2D eigenvalue weighted by atomic mass is 10.1. The molecule has 0 radical (unpaired) electrons. The van der Waals surface area contributed by atoms with Crippen molar-refractivity contribution >= 4 is 38.5 Å². The highest BCUT2D eigenvalue weighted by atomic mass is 32.1. The third-order valence-corrected chi connectivity index (χ3v) is 5.26. The van der Waals surface area contributed by atoms with Crippen molar-refractivity contribution in [2.24, 2.45) is 5.92 Å². The molecule has 1 unspecified atom stereocenters. The molecule has 2 amide bonds. The summed E-state index contributed by atoms with van der Waals surface area (Å²) < 4.78 is 1.04. The molecule has 25 heavy (non-hydrogen) atoms. The first-order valence-corrected chi connectivity index (χ1v) is 8.85. The lowest BCUT2D eigenvalue weighted by molar-refractivity contribution is -0.126. The molecule has 0 aliphatic carbocycles. The summed E-state index contributed by atoms with van der Waals surface area (Å²) in [6, 6.07) is 11.5. The average molecular weight is 352 g/mol. The number of hydrogen-bond acceptors (Lipinski definition) is 5. The van der Waals surface area contributed by atoms with Gasteiger partial charge in [-0.2, -0.15) is 0 Å². The summed E-state index contributed by atoms with van der Waals surface area (Å²) in [7, 11) is 0. The Morgan fingerprint density at radius 3 is 2.96 bits per heavy atom. The van der Waals surface area contributed by atoms with Crippen molar-refractivity contribution < 1.29 is 9.59 Å². The molecule has 0 saturated carbocycles. The number of amides is 2. The van der Waals surface area contributed by atoms with E-state index in [9.17, 15) is 9.59 Å². The van der Waals surface area contributed by atoms with Crippen molar-refractivity contribution in [2.75, 3.05) is 11.4 Å². The fourth-order valence-electron chi connectivity index (χ4n) is 2.88. The van der Waals surface area contributed by atoms with Crippen LogP contribution in [0.5, 0.6) is 0 Å². The van der Waals surface area contributed by atoms with Gasteiger partial charge in [-0.3, -0.25) is 19.5 Å². The zero-order chi connectivity index (χ0) is 17.2. The second-order valence-corrected chi connectivity index (χ2v) is 6.96. The summed E-state index contributed by atoms with van der Waals surface area (Å²) in [5.74, 6) is -0.516. The first-order chi connectivity index (χ1) is 12.2. The highest BCUT2D eigenvalue weighted by molar-refractivity contribution is 7.22. The van der Waals surface area contributed by atoms with E-state index in [0.717, 1.165) is 15.8 Å². The van der Waals surface area contributed by atoms with Gasteiger partial charge in [0.15, 0.2) is 5.13 Å². The lowest BCUT2D eigenvalue weighted by Gasteiger charge is -2.13. The number of benzene rings is 1. The van der Waals surface area contributed by atoms with Crippen molar-refractivity contribution in [3.05, 3.63) is 54.4 Å². The molecule has 126 valence electrons. The zero-order valence-corrected chi connectivity index (χ0v) is 14.2. The molecular formula is C18H16N4O2S. The Morgan fingerprint density at radius 1 is 1.28 bits per heavy atom. The molecule has 4 rings (SSSR count). The van der Waals surface area contributed by atoms with Crippen LogP contribution in [0.4, 0.5) is 5.13 Å². The smallest absolute Gasteiger partial charge is 0.229 e. The van der Waals surface area contributed by atoms with Gasteiger partial charge >= 0.3 is 0 Å². The van der Waals surface area contributed by atoms with E-state index < -0.39 is 0 Å². The Balaban J connectivity index is 1.43. The number of anilines is 1. The monoisotopic (exact) mass is 352 g/mol. The molecule has 0 bridgehead atoms. The van der Waals surface area contributed by atoms with Crippen molar-refractivity contribution in [1.29, 1.82) is 0 Å². The van der Waals surface area contributed by atoms with Crippen LogP contribution in [0.2, 0.25) is 0 Å². The summed E-state index contributed by atoms with van der Waals surface area (Å²) in [6.45, 7) is 0.788. The summed E-state index contributed by atoms with van der Waals surface area (Å²) in [5, 5.41) is 3.55. The minimum Gasteiger partial charge on any atom is -0.352 e. The topological polar surface area (TPSA) is 75.2 Å². The molecule has 1 aliphatic rings. The highest BCUT2D eigenvalue weighted by Crippen LogP contribution is 2.32. The number of para-hydroxylation sites is 1. The van der Waals surface area contributed by atoms with E-state index in [-0.39, 0.29) is 24.2 Å². The number of aromatic nitrogens is 2. The number of pyridine rings is 1. The molecular weight excluding hydrogens is 336 g/mol. The van der Waals surface area contributed by atoms with Gasteiger partial charge in [0.05, 0.1) is 16.1 Å². The second-order valence-electron chi connectivity index (χ2n) is 5.95. The van der Waals surface area contributed by atoms with Gasteiger partial charge in [0, 0.05) is 31.9 Å². The van der Waals surface area contributed by atoms with Gasteiger partial charge in [-0.15, -0.1) is 0 Å². The van der Waals surface area contributed by atoms with E-state index in [1.54, 1.807) is 17.3 Å². The molecule has 1 aromatic carbocycles. The van der Waals surface area contributed by atoms with Crippen LogP contribution in [0.25, 0.3) is 10.2 Å². The molecule has 1 N–H and O–H groups in total. The molecule has 3 aromatic rings. The number of thiazole rings is 1. The SMILES string of the molecule is O=C(NCc1cccnc1)C1CC(=O)N(c2nc3ccccc3s2)C1. The number of nitrogens with zero attached hydrogens (tertiary/aromatic N) is 3. The Hall–Kier alpha value is -2.80. The summed E-state index contributed by atoms with van der Waals surface area (Å²) in [6.07, 6.45) is 3.62. The fraction of sp³-hybridized carbons (Fsp3) is 0.222. The van der Waals surface area contributed by atoms with E-state index in [1.807, 2.05) is 36.4 Å². The zero-order valence-electron chi connectivity index (χ0n) is 13.4. The highest BCUT2D eigenvalue weighted by Gasteiger charge is 2.36. The van der Waals surface area contributed by atoms with E-state index in [0.29, 0.717) is 18.2 Å². The number of fused-ring (bicyclic) bond motifs is 1. The first kappa shape index (κ1) is 15.7. The van der Waals surface area contributed by atoms with Crippen LogP contribution in [-0.4, -0.2) is 28.3 Å². The van der Waals surface area contributed by atoms with E-state index in [2.05, 4.69) is 15.3 Å². The minimum absolute atomic E-state index is 0.0550. The molecule has 2 aromatic heterocycles. The maximum atomic E-state index is 12.4. The van der Waals surface area contributed by atoms with Crippen LogP contribution in [0.15, 0.2) is 48.8 Å². The van der Waals surface area contributed by atoms with Crippen LogP contribution in [0.3, 0.4) is 0 Å². The van der Waals surface area contributed by atoms with Gasteiger partial charge in [0.1, 0.15) is 0 Å². The van der Waals surface area contributed by atoms with Crippen LogP contribution in [-0.2, 0) is 16.1 Å². The average Bonchev–Trinajstić information content (AvgIpc) is 3.23. The molecule has 3 heterocycles. The number of carbonyl (C=O) groups is 2. The number of nitrogens with one attached hydrogen (secondary N) is 1. The van der Waals surface area contributed by atoms with E-state index >= 15 is 0 Å². The van der Waals surface area contributed by atoms with Crippen molar-refractivity contribution in [3.8, 4) is 0 Å². The summed E-state index contributed by atoms with van der Waals surface area (Å²) in [4.78, 5) is 34.9. The summed E-state index contributed by atoms with van der Waals surface area (Å²) >= 11 is 1.48. The summed E-state index contributed by atoms with van der Waals surface area (Å²) in [5.41, 5.74) is 1.81. The van der Waals surface area contributed by atoms with Crippen LogP contribution >= 0.6 is 11.3 Å². The van der Waals surface area contributed by atoms with Gasteiger partial charge < -0.3 is 5.32 Å². The van der Waals surface area contributed by atoms with Crippen molar-refractivity contribution in [1.82, 2.24) is 15.3 Å². The minimum atomic E-state index is -0.351. The molecule has 1 atom stereocenters. The van der Waals surface area contributed by atoms with Crippen molar-refractivity contribution in [2.45, 2.75) is 13.0 Å². The predicted octanol–water partition coefficient (Wildman–Crippen LogP) is 2.36. The van der Waals surface area contributed by atoms with Gasteiger partial charge in [0.25, 0.3) is 0 Å². The fourth-order valence-corrected chi connectivity index (χ4v) is 3.87. The Labute approximate surface area is 148 Å². The largest absolute Gasteiger partial charge is 0.352 e. The molecule has 1 fully saturated rings. The second kappa shape index (κ2) is 6.60. The normalized spacial score (nSPS) is 17.2. The van der Waals surface area contributed by atoms with Gasteiger partial charge in [-0.25, -0.2) is 4.98 Å². The first-order valence-electron chi connectivity index (χ1n) is 8.03. The molecule has 7 heteroatoms.